The van der Waals surface area contributed by atoms with Crippen LogP contribution in [-0.2, 0) is 5.41 Å². The van der Waals surface area contributed by atoms with Crippen molar-refractivity contribution < 1.29 is 13.9 Å². The van der Waals surface area contributed by atoms with Crippen LogP contribution in [0.5, 0.6) is 5.75 Å². The Labute approximate surface area is 148 Å². The van der Waals surface area contributed by atoms with E-state index >= 15 is 0 Å². The topological polar surface area (TPSA) is 50.4 Å². The Balaban J connectivity index is 1.64. The van der Waals surface area contributed by atoms with Gasteiger partial charge >= 0.3 is 6.03 Å². The van der Waals surface area contributed by atoms with Crippen LogP contribution in [0.3, 0.4) is 0 Å². The molecule has 2 rings (SSSR count). The lowest BCUT2D eigenvalue weighted by atomic mass is 9.87. The number of amides is 2. The summed E-state index contributed by atoms with van der Waals surface area (Å²) in [4.78, 5) is 11.7. The van der Waals surface area contributed by atoms with Crippen molar-refractivity contribution in [2.24, 2.45) is 0 Å². The molecule has 0 aliphatic rings. The van der Waals surface area contributed by atoms with Crippen molar-refractivity contribution >= 4 is 11.7 Å². The zero-order chi connectivity index (χ0) is 18.3. The summed E-state index contributed by atoms with van der Waals surface area (Å²) in [5.74, 6) is 0.488. The number of rotatable bonds is 6. The van der Waals surface area contributed by atoms with E-state index in [1.54, 1.807) is 0 Å². The third kappa shape index (κ3) is 6.45. The fourth-order valence-electron chi connectivity index (χ4n) is 2.22. The fourth-order valence-corrected chi connectivity index (χ4v) is 2.22. The second-order valence-corrected chi connectivity index (χ2v) is 6.86. The predicted molar refractivity (Wildman–Crippen MR) is 98.7 cm³/mol. The quantitative estimate of drug-likeness (QED) is 0.745. The summed E-state index contributed by atoms with van der Waals surface area (Å²) in [6.45, 7) is 7.53. The molecule has 0 radical (unpaired) electrons. The van der Waals surface area contributed by atoms with E-state index in [0.717, 1.165) is 5.75 Å². The Morgan fingerprint density at radius 2 is 1.68 bits per heavy atom. The van der Waals surface area contributed by atoms with Gasteiger partial charge in [-0.2, -0.15) is 0 Å². The third-order valence-electron chi connectivity index (χ3n) is 3.70. The van der Waals surface area contributed by atoms with Crippen molar-refractivity contribution in [3.63, 3.8) is 0 Å². The van der Waals surface area contributed by atoms with Gasteiger partial charge in [0.05, 0.1) is 6.61 Å². The zero-order valence-corrected chi connectivity index (χ0v) is 14.9. The average Bonchev–Trinajstić information content (AvgIpc) is 2.56. The number of anilines is 1. The van der Waals surface area contributed by atoms with Crippen LogP contribution < -0.4 is 15.4 Å². The minimum atomic E-state index is -0.335. The lowest BCUT2D eigenvalue weighted by molar-refractivity contribution is 0.250. The number of nitrogens with one attached hydrogen (secondary N) is 2. The highest BCUT2D eigenvalue weighted by Crippen LogP contribution is 2.24. The minimum absolute atomic E-state index is 0.125. The van der Waals surface area contributed by atoms with Crippen molar-refractivity contribution in [3.8, 4) is 5.75 Å². The molecule has 0 aliphatic carbocycles. The van der Waals surface area contributed by atoms with Crippen LogP contribution in [0.15, 0.2) is 48.5 Å². The molecule has 0 spiro atoms. The van der Waals surface area contributed by atoms with Gasteiger partial charge in [0.1, 0.15) is 11.6 Å². The van der Waals surface area contributed by atoms with Crippen LogP contribution in [0, 0.1) is 5.82 Å². The number of benzene rings is 2. The second-order valence-electron chi connectivity index (χ2n) is 6.86. The van der Waals surface area contributed by atoms with E-state index in [2.05, 4.69) is 43.5 Å². The lowest BCUT2D eigenvalue weighted by Crippen LogP contribution is -2.30. The molecule has 2 amide bonds. The maximum absolute atomic E-state index is 12.8. The fraction of sp³-hybridized carbons (Fsp3) is 0.350. The Bertz CT molecular complexity index is 676. The molecule has 2 N–H and O–H groups in total. The molecule has 0 heterocycles. The maximum Gasteiger partial charge on any atom is 0.319 e. The first kappa shape index (κ1) is 18.8. The molecule has 0 aliphatic heterocycles. The lowest BCUT2D eigenvalue weighted by Gasteiger charge is -2.19. The largest absolute Gasteiger partial charge is 0.494 e. The van der Waals surface area contributed by atoms with Gasteiger partial charge in [0, 0.05) is 12.2 Å². The standard InChI is InChI=1S/C20H25FN2O2/c1-20(2,3)15-5-11-18(12-6-15)25-14-4-13-22-19(24)23-17-9-7-16(21)8-10-17/h5-12H,4,13-14H2,1-3H3,(H2,22,23,24). The Morgan fingerprint density at radius 1 is 1.04 bits per heavy atom. The molecule has 25 heavy (non-hydrogen) atoms. The molecule has 134 valence electrons. The van der Waals surface area contributed by atoms with E-state index in [1.165, 1.54) is 29.8 Å². The van der Waals surface area contributed by atoms with Gasteiger partial charge in [-0.3, -0.25) is 0 Å². The van der Waals surface area contributed by atoms with E-state index in [0.29, 0.717) is 25.3 Å². The van der Waals surface area contributed by atoms with Crippen LogP contribution in [0.4, 0.5) is 14.9 Å². The monoisotopic (exact) mass is 344 g/mol. The van der Waals surface area contributed by atoms with E-state index in [9.17, 15) is 9.18 Å². The van der Waals surface area contributed by atoms with Gasteiger partial charge in [0.15, 0.2) is 0 Å². The Hall–Kier alpha value is -2.56. The van der Waals surface area contributed by atoms with Gasteiger partial charge in [-0.1, -0.05) is 32.9 Å². The molecule has 2 aromatic carbocycles. The van der Waals surface area contributed by atoms with Crippen LogP contribution in [0.2, 0.25) is 0 Å². The first-order valence-corrected chi connectivity index (χ1v) is 8.38. The first-order chi connectivity index (χ1) is 11.8. The maximum atomic E-state index is 12.8. The summed E-state index contributed by atoms with van der Waals surface area (Å²) in [5.41, 5.74) is 1.94. The summed E-state index contributed by atoms with van der Waals surface area (Å²) in [7, 11) is 0. The summed E-state index contributed by atoms with van der Waals surface area (Å²) >= 11 is 0. The molecule has 0 bridgehead atoms. The Kier molecular flexibility index (Phi) is 6.39. The molecular formula is C20H25FN2O2. The zero-order valence-electron chi connectivity index (χ0n) is 14.9. The highest BCUT2D eigenvalue weighted by Gasteiger charge is 2.12. The number of hydrogen-bond acceptors (Lipinski definition) is 2. The van der Waals surface area contributed by atoms with Gasteiger partial charge < -0.3 is 15.4 Å². The van der Waals surface area contributed by atoms with Gasteiger partial charge in [-0.05, 0) is 53.8 Å². The normalized spacial score (nSPS) is 11.0. The third-order valence-corrected chi connectivity index (χ3v) is 3.70. The second kappa shape index (κ2) is 8.51. The van der Waals surface area contributed by atoms with Crippen LogP contribution in [0.1, 0.15) is 32.8 Å². The van der Waals surface area contributed by atoms with Crippen molar-refractivity contribution in [1.29, 1.82) is 0 Å². The summed E-state index contributed by atoms with van der Waals surface area (Å²) in [6, 6.07) is 13.4. The van der Waals surface area contributed by atoms with Crippen molar-refractivity contribution in [1.82, 2.24) is 5.32 Å². The minimum Gasteiger partial charge on any atom is -0.494 e. The number of halogens is 1. The first-order valence-electron chi connectivity index (χ1n) is 8.38. The number of hydrogen-bond donors (Lipinski definition) is 2. The molecule has 0 unspecified atom stereocenters. The SMILES string of the molecule is CC(C)(C)c1ccc(OCCCNC(=O)Nc2ccc(F)cc2)cc1. The summed E-state index contributed by atoms with van der Waals surface area (Å²) in [5, 5.41) is 5.38. The van der Waals surface area contributed by atoms with E-state index in [4.69, 9.17) is 4.74 Å². The van der Waals surface area contributed by atoms with Gasteiger partial charge in [-0.15, -0.1) is 0 Å². The molecule has 0 saturated heterocycles. The summed E-state index contributed by atoms with van der Waals surface area (Å²) in [6.07, 6.45) is 0.692. The van der Waals surface area contributed by atoms with E-state index in [1.807, 2.05) is 12.1 Å². The molecule has 5 heteroatoms. The number of carbonyl (C=O) groups excluding carboxylic acids is 1. The molecule has 4 nitrogen and oxygen atoms in total. The number of ether oxygens (including phenoxy) is 1. The molecule has 0 saturated carbocycles. The van der Waals surface area contributed by atoms with Crippen LogP contribution in [-0.4, -0.2) is 19.2 Å². The number of urea groups is 1. The molecular weight excluding hydrogens is 319 g/mol. The molecule has 0 aromatic heterocycles. The highest BCUT2D eigenvalue weighted by atomic mass is 19.1. The van der Waals surface area contributed by atoms with Gasteiger partial charge in [0.2, 0.25) is 0 Å². The Morgan fingerprint density at radius 3 is 2.28 bits per heavy atom. The van der Waals surface area contributed by atoms with Crippen molar-refractivity contribution in [3.05, 3.63) is 59.9 Å². The van der Waals surface area contributed by atoms with Gasteiger partial charge in [-0.25, -0.2) is 9.18 Å². The highest BCUT2D eigenvalue weighted by molar-refractivity contribution is 5.89. The summed E-state index contributed by atoms with van der Waals surface area (Å²) < 4.78 is 18.5. The molecule has 2 aromatic rings. The van der Waals surface area contributed by atoms with Crippen LogP contribution in [0.25, 0.3) is 0 Å². The van der Waals surface area contributed by atoms with E-state index in [-0.39, 0.29) is 17.3 Å². The number of carbonyl (C=O) groups is 1. The molecule has 0 fully saturated rings. The average molecular weight is 344 g/mol. The van der Waals surface area contributed by atoms with Crippen LogP contribution >= 0.6 is 0 Å². The van der Waals surface area contributed by atoms with E-state index < -0.39 is 0 Å². The smallest absolute Gasteiger partial charge is 0.319 e. The van der Waals surface area contributed by atoms with Gasteiger partial charge in [0.25, 0.3) is 0 Å². The molecule has 0 atom stereocenters. The van der Waals surface area contributed by atoms with Crippen molar-refractivity contribution in [2.75, 3.05) is 18.5 Å². The predicted octanol–water partition coefficient (Wildman–Crippen LogP) is 4.71. The van der Waals surface area contributed by atoms with Crippen molar-refractivity contribution in [2.45, 2.75) is 32.6 Å².